The Morgan fingerprint density at radius 1 is 1.17 bits per heavy atom. The van der Waals surface area contributed by atoms with E-state index in [4.69, 9.17) is 5.26 Å². The average Bonchev–Trinajstić information content (AvgIpc) is 3.37. The molecule has 6 heteroatoms. The van der Waals surface area contributed by atoms with Crippen LogP contribution in [0.4, 0.5) is 5.69 Å². The molecule has 1 atom stereocenters. The summed E-state index contributed by atoms with van der Waals surface area (Å²) in [5.41, 5.74) is 5.89. The molecule has 2 aromatic carbocycles. The van der Waals surface area contributed by atoms with Gasteiger partial charge in [-0.05, 0) is 80.2 Å². The van der Waals surface area contributed by atoms with Crippen molar-refractivity contribution in [3.05, 3.63) is 59.1 Å². The zero-order valence-corrected chi connectivity index (χ0v) is 17.9. The molecule has 0 N–H and O–H groups in total. The Bertz CT molecular complexity index is 1120. The number of carbonyl (C=O) groups is 1. The lowest BCUT2D eigenvalue weighted by molar-refractivity contribution is -0.118. The number of anilines is 1. The van der Waals surface area contributed by atoms with Crippen molar-refractivity contribution in [1.82, 2.24) is 9.88 Å². The normalized spacial score (nSPS) is 20.0. The first kappa shape index (κ1) is 19.2. The highest BCUT2D eigenvalue weighted by Crippen LogP contribution is 2.44. The van der Waals surface area contributed by atoms with Crippen molar-refractivity contribution in [2.45, 2.75) is 32.2 Å². The van der Waals surface area contributed by atoms with E-state index in [-0.39, 0.29) is 11.3 Å². The molecule has 0 aliphatic carbocycles. The van der Waals surface area contributed by atoms with E-state index in [1.807, 2.05) is 22.5 Å². The van der Waals surface area contributed by atoms with Crippen molar-refractivity contribution in [3.8, 4) is 6.07 Å². The predicted molar refractivity (Wildman–Crippen MR) is 119 cm³/mol. The van der Waals surface area contributed by atoms with Gasteiger partial charge < -0.3 is 4.90 Å². The quantitative estimate of drug-likeness (QED) is 0.618. The summed E-state index contributed by atoms with van der Waals surface area (Å²) in [6.07, 6.45) is 2.70. The number of aromatic nitrogens is 1. The molecule has 30 heavy (non-hydrogen) atoms. The van der Waals surface area contributed by atoms with Crippen molar-refractivity contribution in [2.75, 3.05) is 24.5 Å². The van der Waals surface area contributed by atoms with Crippen LogP contribution in [0.5, 0.6) is 0 Å². The fourth-order valence-electron chi connectivity index (χ4n) is 4.91. The van der Waals surface area contributed by atoms with E-state index >= 15 is 0 Å². The summed E-state index contributed by atoms with van der Waals surface area (Å²) in [7, 11) is 0. The van der Waals surface area contributed by atoms with Crippen LogP contribution in [0.3, 0.4) is 0 Å². The summed E-state index contributed by atoms with van der Waals surface area (Å²) >= 11 is 1.68. The Kier molecular flexibility index (Phi) is 4.80. The Morgan fingerprint density at radius 3 is 2.67 bits per heavy atom. The van der Waals surface area contributed by atoms with Crippen molar-refractivity contribution >= 4 is 33.1 Å². The van der Waals surface area contributed by atoms with E-state index in [0.29, 0.717) is 18.0 Å². The van der Waals surface area contributed by atoms with Crippen LogP contribution < -0.4 is 4.90 Å². The number of likely N-dealkylation sites (tertiary alicyclic amines) is 1. The molecule has 2 saturated heterocycles. The summed E-state index contributed by atoms with van der Waals surface area (Å²) in [6, 6.07) is 16.5. The number of carbonyl (C=O) groups excluding carboxylic acids is 1. The van der Waals surface area contributed by atoms with Crippen LogP contribution in [0.2, 0.25) is 0 Å². The number of nitrogens with zero attached hydrogens (tertiary/aromatic N) is 4. The minimum Gasteiger partial charge on any atom is -0.312 e. The number of fused-ring (bicyclic) bond motifs is 1. The lowest BCUT2D eigenvalue weighted by Crippen LogP contribution is -2.42. The molecule has 3 aromatic rings. The van der Waals surface area contributed by atoms with Crippen LogP contribution in [0, 0.1) is 16.7 Å². The van der Waals surface area contributed by atoms with Crippen molar-refractivity contribution in [2.24, 2.45) is 5.41 Å². The van der Waals surface area contributed by atoms with Crippen molar-refractivity contribution in [1.29, 1.82) is 5.26 Å². The minimum absolute atomic E-state index is 0.0695. The summed E-state index contributed by atoms with van der Waals surface area (Å²) in [5, 5.41) is 9.00. The number of rotatable bonds is 3. The summed E-state index contributed by atoms with van der Waals surface area (Å²) < 4.78 is 1.23. The number of hydrogen-bond acceptors (Lipinski definition) is 5. The van der Waals surface area contributed by atoms with Gasteiger partial charge in [-0.3, -0.25) is 9.69 Å². The summed E-state index contributed by atoms with van der Waals surface area (Å²) in [4.78, 5) is 21.7. The fourth-order valence-corrected chi connectivity index (χ4v) is 5.57. The van der Waals surface area contributed by atoms with E-state index in [1.54, 1.807) is 23.5 Å². The number of hydrogen-bond donors (Lipinski definition) is 0. The predicted octanol–water partition coefficient (Wildman–Crippen LogP) is 4.75. The van der Waals surface area contributed by atoms with Gasteiger partial charge in [0.25, 0.3) is 0 Å². The maximum Gasteiger partial charge on any atom is 0.227 e. The van der Waals surface area contributed by atoms with Gasteiger partial charge in [-0.25, -0.2) is 4.98 Å². The zero-order chi connectivity index (χ0) is 20.7. The van der Waals surface area contributed by atoms with Crippen LogP contribution in [0.25, 0.3) is 10.2 Å². The van der Waals surface area contributed by atoms with Crippen molar-refractivity contribution < 1.29 is 4.79 Å². The molecule has 2 aliphatic rings. The van der Waals surface area contributed by atoms with E-state index < -0.39 is 0 Å². The lowest BCUT2D eigenvalue weighted by atomic mass is 9.77. The first-order valence-corrected chi connectivity index (χ1v) is 11.3. The fraction of sp³-hybridized carbons (Fsp3) is 0.375. The molecule has 0 saturated carbocycles. The number of piperidine rings is 1. The Hall–Kier alpha value is -2.75. The Morgan fingerprint density at radius 2 is 1.93 bits per heavy atom. The van der Waals surface area contributed by atoms with E-state index in [0.717, 1.165) is 43.7 Å². The molecular weight excluding hydrogens is 392 g/mol. The topological polar surface area (TPSA) is 60.2 Å². The number of thiazole rings is 1. The molecule has 1 spiro atoms. The number of amides is 1. The molecule has 0 bridgehead atoms. The van der Waals surface area contributed by atoms with Crippen LogP contribution in [-0.4, -0.2) is 35.4 Å². The van der Waals surface area contributed by atoms with Gasteiger partial charge in [-0.15, -0.1) is 11.3 Å². The second-order valence-corrected chi connectivity index (χ2v) is 9.49. The first-order chi connectivity index (χ1) is 14.6. The standard InChI is InChI=1S/C24H24N4OS/c1-17(19-4-7-22-21(12-19)26-16-30-22)27-10-8-24(9-11-27)13-23(29)28(15-24)20-5-2-18(14-25)3-6-20/h2-7,12,16-17H,8-11,13,15H2,1H3. The van der Waals surface area contributed by atoms with Gasteiger partial charge in [0.15, 0.2) is 0 Å². The molecule has 5 nitrogen and oxygen atoms in total. The third-order valence-electron chi connectivity index (χ3n) is 6.87. The first-order valence-electron chi connectivity index (χ1n) is 10.4. The van der Waals surface area contributed by atoms with E-state index in [9.17, 15) is 4.79 Å². The Labute approximate surface area is 180 Å². The maximum atomic E-state index is 12.8. The van der Waals surface area contributed by atoms with Crippen LogP contribution in [0.15, 0.2) is 48.0 Å². The second kappa shape index (κ2) is 7.50. The molecule has 2 fully saturated rings. The third-order valence-corrected chi connectivity index (χ3v) is 7.68. The van der Waals surface area contributed by atoms with Gasteiger partial charge in [0.05, 0.1) is 27.4 Å². The van der Waals surface area contributed by atoms with Crippen molar-refractivity contribution in [3.63, 3.8) is 0 Å². The summed E-state index contributed by atoms with van der Waals surface area (Å²) in [5.74, 6) is 0.204. The van der Waals surface area contributed by atoms with Gasteiger partial charge in [0.1, 0.15) is 0 Å². The van der Waals surface area contributed by atoms with Gasteiger partial charge >= 0.3 is 0 Å². The minimum atomic E-state index is 0.0695. The molecule has 1 amide bonds. The average molecular weight is 417 g/mol. The van der Waals surface area contributed by atoms with Crippen LogP contribution in [0.1, 0.15) is 43.4 Å². The monoisotopic (exact) mass is 416 g/mol. The van der Waals surface area contributed by atoms with Crippen LogP contribution >= 0.6 is 11.3 Å². The molecule has 5 rings (SSSR count). The molecule has 0 radical (unpaired) electrons. The third kappa shape index (κ3) is 3.38. The highest BCUT2D eigenvalue weighted by molar-refractivity contribution is 7.16. The molecule has 2 aliphatic heterocycles. The van der Waals surface area contributed by atoms with E-state index in [2.05, 4.69) is 41.1 Å². The zero-order valence-electron chi connectivity index (χ0n) is 17.0. The molecule has 3 heterocycles. The molecule has 152 valence electrons. The second-order valence-electron chi connectivity index (χ2n) is 8.61. The highest BCUT2D eigenvalue weighted by Gasteiger charge is 2.45. The summed E-state index contributed by atoms with van der Waals surface area (Å²) in [6.45, 7) is 5.06. The maximum absolute atomic E-state index is 12.8. The highest BCUT2D eigenvalue weighted by atomic mass is 32.1. The SMILES string of the molecule is CC(c1ccc2scnc2c1)N1CCC2(CC1)CC(=O)N(c1ccc(C#N)cc1)C2. The Balaban J connectivity index is 1.26. The number of benzene rings is 2. The molecule has 1 unspecified atom stereocenters. The van der Waals surface area contributed by atoms with E-state index in [1.165, 1.54) is 10.3 Å². The molecular formula is C24H24N4OS. The smallest absolute Gasteiger partial charge is 0.227 e. The van der Waals surface area contributed by atoms with Gasteiger partial charge in [0.2, 0.25) is 5.91 Å². The largest absolute Gasteiger partial charge is 0.312 e. The van der Waals surface area contributed by atoms with Gasteiger partial charge in [-0.1, -0.05) is 6.07 Å². The molecule has 1 aromatic heterocycles. The van der Waals surface area contributed by atoms with Gasteiger partial charge in [0, 0.05) is 24.7 Å². The van der Waals surface area contributed by atoms with Crippen LogP contribution in [-0.2, 0) is 4.79 Å². The van der Waals surface area contributed by atoms with Gasteiger partial charge in [-0.2, -0.15) is 5.26 Å². The lowest BCUT2D eigenvalue weighted by Gasteiger charge is -2.41. The number of nitriles is 1.